The molecule has 2 N–H and O–H groups in total. The first kappa shape index (κ1) is 32.0. The summed E-state index contributed by atoms with van der Waals surface area (Å²) in [5, 5.41) is 18.8. The SMILES string of the molecule is O=C(O)C(F)(F)F.O=C(O)C(F)(F)F.c1ccc(COCCN2Cc3ccnn3C(CN3CCCC3)C2)cc1. The van der Waals surface area contributed by atoms with Crippen molar-refractivity contribution in [2.24, 2.45) is 0 Å². The standard InChI is InChI=1S/C20H28N4O.2C2HF3O2/c1-2-6-18(7-3-1)17-25-13-12-23-14-19-8-9-21-24(19)20(16-23)15-22-10-4-5-11-22;2*3-2(4,5)1(6)7/h1-3,6-9,20H,4-5,10-17H2;2*(H,6,7). The van der Waals surface area contributed by atoms with Gasteiger partial charge in [-0.3, -0.25) is 9.58 Å². The molecule has 1 saturated heterocycles. The molecule has 1 aromatic carbocycles. The average Bonchev–Trinajstić information content (AvgIpc) is 3.54. The maximum absolute atomic E-state index is 10.6. The first-order valence-corrected chi connectivity index (χ1v) is 12.0. The highest BCUT2D eigenvalue weighted by Crippen LogP contribution is 2.22. The molecule has 1 unspecified atom stereocenters. The van der Waals surface area contributed by atoms with Crippen LogP contribution in [0.5, 0.6) is 0 Å². The van der Waals surface area contributed by atoms with Crippen LogP contribution in [0.1, 0.15) is 30.1 Å². The Labute approximate surface area is 220 Å². The molecule has 39 heavy (non-hydrogen) atoms. The van der Waals surface area contributed by atoms with Gasteiger partial charge in [0.25, 0.3) is 0 Å². The Morgan fingerprint density at radius 3 is 2.03 bits per heavy atom. The van der Waals surface area contributed by atoms with E-state index >= 15 is 0 Å². The fourth-order valence-corrected chi connectivity index (χ4v) is 3.99. The monoisotopic (exact) mass is 568 g/mol. The minimum atomic E-state index is -5.08. The molecule has 2 aliphatic heterocycles. The minimum Gasteiger partial charge on any atom is -0.475 e. The van der Waals surface area contributed by atoms with E-state index in [0.29, 0.717) is 12.6 Å². The van der Waals surface area contributed by atoms with Crippen LogP contribution in [-0.4, -0.2) is 93.4 Å². The van der Waals surface area contributed by atoms with Crippen LogP contribution in [-0.2, 0) is 27.5 Å². The third kappa shape index (κ3) is 11.6. The van der Waals surface area contributed by atoms with Gasteiger partial charge in [0.15, 0.2) is 0 Å². The quantitative estimate of drug-likeness (QED) is 0.384. The van der Waals surface area contributed by atoms with Crippen molar-refractivity contribution in [1.82, 2.24) is 19.6 Å². The number of nitrogens with zero attached hydrogens (tertiary/aromatic N) is 4. The summed E-state index contributed by atoms with van der Waals surface area (Å²) in [6.45, 7) is 8.11. The van der Waals surface area contributed by atoms with Crippen molar-refractivity contribution in [3.63, 3.8) is 0 Å². The Kier molecular flexibility index (Phi) is 12.2. The van der Waals surface area contributed by atoms with Gasteiger partial charge in [0.05, 0.1) is 24.9 Å². The van der Waals surface area contributed by atoms with E-state index in [1.165, 1.54) is 37.2 Å². The number of carboxylic acids is 2. The summed E-state index contributed by atoms with van der Waals surface area (Å²) in [7, 11) is 0. The third-order valence-corrected chi connectivity index (χ3v) is 5.77. The topological polar surface area (TPSA) is 108 Å². The van der Waals surface area contributed by atoms with Gasteiger partial charge < -0.3 is 19.8 Å². The summed E-state index contributed by atoms with van der Waals surface area (Å²) in [5.41, 5.74) is 2.57. The highest BCUT2D eigenvalue weighted by molar-refractivity contribution is 5.73. The van der Waals surface area contributed by atoms with Gasteiger partial charge in [0.2, 0.25) is 0 Å². The van der Waals surface area contributed by atoms with Gasteiger partial charge in [0, 0.05) is 32.4 Å². The summed E-state index contributed by atoms with van der Waals surface area (Å²) in [5.74, 6) is -5.51. The van der Waals surface area contributed by atoms with E-state index in [-0.39, 0.29) is 0 Å². The van der Waals surface area contributed by atoms with E-state index in [4.69, 9.17) is 24.5 Å². The van der Waals surface area contributed by atoms with Gasteiger partial charge in [-0.05, 0) is 37.6 Å². The van der Waals surface area contributed by atoms with E-state index in [9.17, 15) is 26.3 Å². The summed E-state index contributed by atoms with van der Waals surface area (Å²) in [6.07, 6.45) is -5.53. The molecule has 0 saturated carbocycles. The lowest BCUT2D eigenvalue weighted by molar-refractivity contribution is -0.193. The maximum Gasteiger partial charge on any atom is 0.490 e. The predicted molar refractivity (Wildman–Crippen MR) is 126 cm³/mol. The van der Waals surface area contributed by atoms with Gasteiger partial charge in [-0.25, -0.2) is 9.59 Å². The van der Waals surface area contributed by atoms with Crippen LogP contribution in [0, 0.1) is 0 Å². The number of fused-ring (bicyclic) bond motifs is 1. The number of likely N-dealkylation sites (tertiary alicyclic amines) is 1. The molecule has 1 atom stereocenters. The zero-order valence-electron chi connectivity index (χ0n) is 20.9. The molecule has 3 heterocycles. The fourth-order valence-electron chi connectivity index (χ4n) is 3.99. The smallest absolute Gasteiger partial charge is 0.475 e. The largest absolute Gasteiger partial charge is 0.490 e. The first-order valence-electron chi connectivity index (χ1n) is 12.0. The number of hydrogen-bond donors (Lipinski definition) is 2. The van der Waals surface area contributed by atoms with E-state index in [2.05, 4.69) is 49.9 Å². The average molecular weight is 569 g/mol. The molecular formula is C24H30F6N4O5. The van der Waals surface area contributed by atoms with Gasteiger partial charge in [-0.15, -0.1) is 0 Å². The Balaban J connectivity index is 0.000000317. The summed E-state index contributed by atoms with van der Waals surface area (Å²) in [6, 6.07) is 13.0. The lowest BCUT2D eigenvalue weighted by atomic mass is 10.2. The van der Waals surface area contributed by atoms with Crippen LogP contribution in [0.15, 0.2) is 42.6 Å². The Hall–Kier alpha value is -3.17. The van der Waals surface area contributed by atoms with Crippen molar-refractivity contribution in [3.8, 4) is 0 Å². The van der Waals surface area contributed by atoms with Gasteiger partial charge >= 0.3 is 24.3 Å². The zero-order valence-corrected chi connectivity index (χ0v) is 20.9. The van der Waals surface area contributed by atoms with Crippen molar-refractivity contribution in [3.05, 3.63) is 53.9 Å². The normalized spacial score (nSPS) is 17.8. The summed E-state index contributed by atoms with van der Waals surface area (Å²) < 4.78 is 71.6. The van der Waals surface area contributed by atoms with Crippen LogP contribution in [0.4, 0.5) is 26.3 Å². The molecule has 0 radical (unpaired) electrons. The number of carbonyl (C=O) groups is 2. The lowest BCUT2D eigenvalue weighted by Crippen LogP contribution is -2.43. The van der Waals surface area contributed by atoms with Crippen molar-refractivity contribution in [2.45, 2.75) is 44.4 Å². The van der Waals surface area contributed by atoms with Gasteiger partial charge in [0.1, 0.15) is 0 Å². The number of halogens is 6. The fraction of sp³-hybridized carbons (Fsp3) is 0.542. The van der Waals surface area contributed by atoms with Crippen LogP contribution in [0.25, 0.3) is 0 Å². The molecule has 0 bridgehead atoms. The molecule has 0 amide bonds. The Morgan fingerprint density at radius 1 is 0.923 bits per heavy atom. The zero-order chi connectivity index (χ0) is 29.1. The Bertz CT molecular complexity index is 1000. The number of carboxylic acid groups (broad SMARTS) is 2. The van der Waals surface area contributed by atoms with E-state index in [1.54, 1.807) is 0 Å². The van der Waals surface area contributed by atoms with E-state index in [0.717, 1.165) is 32.8 Å². The number of aromatic nitrogens is 2. The molecule has 0 aliphatic carbocycles. The summed E-state index contributed by atoms with van der Waals surface area (Å²) >= 11 is 0. The second kappa shape index (κ2) is 14.8. The number of rotatable bonds is 7. The molecule has 4 rings (SSSR count). The first-order chi connectivity index (χ1) is 18.3. The van der Waals surface area contributed by atoms with E-state index < -0.39 is 24.3 Å². The van der Waals surface area contributed by atoms with Crippen LogP contribution in [0.3, 0.4) is 0 Å². The van der Waals surface area contributed by atoms with Crippen molar-refractivity contribution < 1.29 is 50.9 Å². The minimum absolute atomic E-state index is 0.464. The molecule has 15 heteroatoms. The molecule has 0 spiro atoms. The van der Waals surface area contributed by atoms with Gasteiger partial charge in [-0.1, -0.05) is 30.3 Å². The Morgan fingerprint density at radius 2 is 1.49 bits per heavy atom. The third-order valence-electron chi connectivity index (χ3n) is 5.77. The molecule has 2 aliphatic rings. The molecule has 218 valence electrons. The van der Waals surface area contributed by atoms with Crippen LogP contribution >= 0.6 is 0 Å². The highest BCUT2D eigenvalue weighted by Gasteiger charge is 2.38. The van der Waals surface area contributed by atoms with Crippen molar-refractivity contribution in [2.75, 3.05) is 39.3 Å². The number of benzene rings is 1. The number of ether oxygens (including phenoxy) is 1. The summed E-state index contributed by atoms with van der Waals surface area (Å²) in [4.78, 5) is 22.9. The molecule has 2 aromatic rings. The second-order valence-corrected chi connectivity index (χ2v) is 8.81. The molecule has 1 aromatic heterocycles. The molecule has 9 nitrogen and oxygen atoms in total. The molecule has 1 fully saturated rings. The van der Waals surface area contributed by atoms with Crippen LogP contribution < -0.4 is 0 Å². The number of hydrogen-bond acceptors (Lipinski definition) is 6. The number of alkyl halides is 6. The lowest BCUT2D eigenvalue weighted by Gasteiger charge is -2.35. The molecular weight excluding hydrogens is 538 g/mol. The van der Waals surface area contributed by atoms with Crippen LogP contribution in [0.2, 0.25) is 0 Å². The second-order valence-electron chi connectivity index (χ2n) is 8.81. The van der Waals surface area contributed by atoms with Gasteiger partial charge in [-0.2, -0.15) is 31.4 Å². The highest BCUT2D eigenvalue weighted by atomic mass is 19.4. The van der Waals surface area contributed by atoms with Crippen molar-refractivity contribution in [1.29, 1.82) is 0 Å². The number of aliphatic carboxylic acids is 2. The van der Waals surface area contributed by atoms with Crippen molar-refractivity contribution >= 4 is 11.9 Å². The predicted octanol–water partition coefficient (Wildman–Crippen LogP) is 3.82. The maximum atomic E-state index is 10.6. The van der Waals surface area contributed by atoms with E-state index in [1.807, 2.05) is 12.3 Å².